The summed E-state index contributed by atoms with van der Waals surface area (Å²) >= 11 is 0. The largest absolute Gasteiger partial charge is 0.342 e. The molecular weight excluding hydrogens is 356 g/mol. The molecule has 0 bridgehead atoms. The van der Waals surface area contributed by atoms with Crippen LogP contribution >= 0.6 is 0 Å². The number of rotatable bonds is 5. The highest BCUT2D eigenvalue weighted by molar-refractivity contribution is 5.80. The monoisotopic (exact) mass is 392 g/mol. The highest BCUT2D eigenvalue weighted by Gasteiger charge is 2.41. The smallest absolute Gasteiger partial charge is 0.225 e. The number of hydrogen-bond acceptors (Lipinski definition) is 2. The molecule has 2 aliphatic carbocycles. The van der Waals surface area contributed by atoms with E-state index < -0.39 is 0 Å². The van der Waals surface area contributed by atoms with Gasteiger partial charge >= 0.3 is 0 Å². The molecule has 5 rings (SSSR count). The minimum atomic E-state index is 0.310. The molecule has 2 aliphatic heterocycles. The molecule has 4 aliphatic rings. The fraction of sp³-hybridized carbons (Fsp3) is 0.654. The summed E-state index contributed by atoms with van der Waals surface area (Å²) in [5.41, 5.74) is 4.34. The molecule has 0 N–H and O–H groups in total. The van der Waals surface area contributed by atoms with Gasteiger partial charge in [-0.3, -0.25) is 4.79 Å². The molecule has 0 aromatic heterocycles. The van der Waals surface area contributed by atoms with E-state index in [0.29, 0.717) is 23.7 Å². The number of nitrogens with zero attached hydrogens (tertiary/aromatic N) is 2. The second-order valence-corrected chi connectivity index (χ2v) is 9.84. The molecule has 3 heteroatoms. The molecular formula is C26H36N2O. The fourth-order valence-corrected chi connectivity index (χ4v) is 6.17. The van der Waals surface area contributed by atoms with Crippen LogP contribution in [-0.4, -0.2) is 48.4 Å². The Balaban J connectivity index is 1.19. The van der Waals surface area contributed by atoms with E-state index in [0.717, 1.165) is 38.8 Å². The van der Waals surface area contributed by atoms with Gasteiger partial charge in [-0.15, -0.1) is 0 Å². The van der Waals surface area contributed by atoms with E-state index in [-0.39, 0.29) is 0 Å². The van der Waals surface area contributed by atoms with E-state index in [9.17, 15) is 4.79 Å². The van der Waals surface area contributed by atoms with Crippen LogP contribution in [0.4, 0.5) is 0 Å². The maximum Gasteiger partial charge on any atom is 0.225 e. The van der Waals surface area contributed by atoms with Gasteiger partial charge in [0.15, 0.2) is 0 Å². The SMILES string of the molecule is O=C(C1CCCCC1)N1C[C@H]2CC=C(c3ccc(CCN4CCCC4)cc3)[C@H]2C1. The predicted octanol–water partition coefficient (Wildman–Crippen LogP) is 4.77. The summed E-state index contributed by atoms with van der Waals surface area (Å²) < 4.78 is 0. The van der Waals surface area contributed by atoms with Crippen molar-refractivity contribution in [2.75, 3.05) is 32.7 Å². The standard InChI is InChI=1S/C26H36N2O/c29-26(22-6-2-1-3-7-22)28-18-23-12-13-24(25(23)19-28)21-10-8-20(9-11-21)14-17-27-15-4-5-16-27/h8-11,13,22-23,25H,1-7,12,14-19H2/t23-,25+/m1/s1. The van der Waals surface area contributed by atoms with Gasteiger partial charge in [0, 0.05) is 31.5 Å². The molecule has 2 heterocycles. The van der Waals surface area contributed by atoms with Crippen LogP contribution in [0.2, 0.25) is 0 Å². The predicted molar refractivity (Wildman–Crippen MR) is 119 cm³/mol. The lowest BCUT2D eigenvalue weighted by atomic mass is 9.88. The third-order valence-electron chi connectivity index (χ3n) is 7.95. The Morgan fingerprint density at radius 1 is 0.931 bits per heavy atom. The Morgan fingerprint density at radius 2 is 1.69 bits per heavy atom. The first-order chi connectivity index (χ1) is 14.3. The number of allylic oxidation sites excluding steroid dienone is 1. The van der Waals surface area contributed by atoms with Crippen LogP contribution in [0.1, 0.15) is 62.5 Å². The average molecular weight is 393 g/mol. The lowest BCUT2D eigenvalue weighted by Gasteiger charge is -2.26. The van der Waals surface area contributed by atoms with Crippen molar-refractivity contribution in [1.29, 1.82) is 0 Å². The third kappa shape index (κ3) is 4.17. The van der Waals surface area contributed by atoms with Crippen LogP contribution in [0.3, 0.4) is 0 Å². The lowest BCUT2D eigenvalue weighted by Crippen LogP contribution is -2.35. The number of fused-ring (bicyclic) bond motifs is 1. The van der Waals surface area contributed by atoms with Gasteiger partial charge in [0.05, 0.1) is 0 Å². The molecule has 0 unspecified atom stereocenters. The number of carbonyl (C=O) groups excluding carboxylic acids is 1. The maximum atomic E-state index is 13.0. The molecule has 3 nitrogen and oxygen atoms in total. The number of likely N-dealkylation sites (tertiary alicyclic amines) is 2. The van der Waals surface area contributed by atoms with E-state index in [1.807, 2.05) is 0 Å². The third-order valence-corrected chi connectivity index (χ3v) is 7.95. The Bertz CT molecular complexity index is 740. The summed E-state index contributed by atoms with van der Waals surface area (Å²) in [6.07, 6.45) is 13.5. The van der Waals surface area contributed by atoms with Gasteiger partial charge in [-0.25, -0.2) is 0 Å². The van der Waals surface area contributed by atoms with Gasteiger partial charge < -0.3 is 9.80 Å². The molecule has 0 spiro atoms. The second-order valence-electron chi connectivity index (χ2n) is 9.84. The van der Waals surface area contributed by atoms with Crippen LogP contribution in [0.15, 0.2) is 30.3 Å². The van der Waals surface area contributed by atoms with Crippen molar-refractivity contribution in [3.63, 3.8) is 0 Å². The Labute approximate surface area is 176 Å². The van der Waals surface area contributed by atoms with Gasteiger partial charge in [0.2, 0.25) is 5.91 Å². The van der Waals surface area contributed by atoms with Crippen LogP contribution in [0, 0.1) is 17.8 Å². The van der Waals surface area contributed by atoms with Crippen molar-refractivity contribution in [3.05, 3.63) is 41.5 Å². The topological polar surface area (TPSA) is 23.6 Å². The number of amides is 1. The molecule has 156 valence electrons. The molecule has 29 heavy (non-hydrogen) atoms. The summed E-state index contributed by atoms with van der Waals surface area (Å²) in [4.78, 5) is 17.8. The minimum absolute atomic E-state index is 0.310. The molecule has 0 radical (unpaired) electrons. The van der Waals surface area contributed by atoms with Gasteiger partial charge in [0.25, 0.3) is 0 Å². The van der Waals surface area contributed by atoms with Crippen molar-refractivity contribution in [1.82, 2.24) is 9.80 Å². The van der Waals surface area contributed by atoms with E-state index >= 15 is 0 Å². The van der Waals surface area contributed by atoms with E-state index in [1.54, 1.807) is 0 Å². The first-order valence-corrected chi connectivity index (χ1v) is 12.1. The summed E-state index contributed by atoms with van der Waals surface area (Å²) in [5.74, 6) is 1.96. The molecule has 1 amide bonds. The quantitative estimate of drug-likeness (QED) is 0.721. The lowest BCUT2D eigenvalue weighted by molar-refractivity contribution is -0.135. The van der Waals surface area contributed by atoms with Gasteiger partial charge in [-0.2, -0.15) is 0 Å². The molecule has 1 saturated carbocycles. The van der Waals surface area contributed by atoms with E-state index in [4.69, 9.17) is 0 Å². The van der Waals surface area contributed by atoms with Crippen molar-refractivity contribution >= 4 is 11.5 Å². The molecule has 1 aromatic rings. The second kappa shape index (κ2) is 8.63. The normalized spacial score (nSPS) is 28.0. The summed E-state index contributed by atoms with van der Waals surface area (Å²) in [5, 5.41) is 0. The van der Waals surface area contributed by atoms with Crippen molar-refractivity contribution in [3.8, 4) is 0 Å². The van der Waals surface area contributed by atoms with Gasteiger partial charge in [-0.05, 0) is 74.2 Å². The number of hydrogen-bond donors (Lipinski definition) is 0. The summed E-state index contributed by atoms with van der Waals surface area (Å²) in [7, 11) is 0. The first kappa shape index (κ1) is 19.4. The first-order valence-electron chi connectivity index (χ1n) is 12.1. The molecule has 1 aromatic carbocycles. The minimum Gasteiger partial charge on any atom is -0.342 e. The van der Waals surface area contributed by atoms with Crippen molar-refractivity contribution in [2.24, 2.45) is 17.8 Å². The zero-order chi connectivity index (χ0) is 19.6. The van der Waals surface area contributed by atoms with Crippen LogP contribution in [-0.2, 0) is 11.2 Å². The van der Waals surface area contributed by atoms with Crippen LogP contribution < -0.4 is 0 Å². The zero-order valence-electron chi connectivity index (χ0n) is 17.8. The van der Waals surface area contributed by atoms with Crippen molar-refractivity contribution < 1.29 is 4.79 Å². The van der Waals surface area contributed by atoms with E-state index in [1.165, 1.54) is 68.4 Å². The molecule has 2 saturated heterocycles. The Kier molecular flexibility index (Phi) is 5.76. The molecule has 3 fully saturated rings. The Hall–Kier alpha value is -1.61. The van der Waals surface area contributed by atoms with E-state index in [2.05, 4.69) is 40.1 Å². The zero-order valence-corrected chi connectivity index (χ0v) is 17.8. The highest BCUT2D eigenvalue weighted by atomic mass is 16.2. The maximum absolute atomic E-state index is 13.0. The van der Waals surface area contributed by atoms with Gasteiger partial charge in [-0.1, -0.05) is 49.6 Å². The number of carbonyl (C=O) groups is 1. The number of benzene rings is 1. The van der Waals surface area contributed by atoms with Gasteiger partial charge in [0.1, 0.15) is 0 Å². The van der Waals surface area contributed by atoms with Crippen molar-refractivity contribution in [2.45, 2.75) is 57.8 Å². The molecule has 2 atom stereocenters. The summed E-state index contributed by atoms with van der Waals surface area (Å²) in [6.45, 7) is 5.69. The Morgan fingerprint density at radius 3 is 2.45 bits per heavy atom. The summed E-state index contributed by atoms with van der Waals surface area (Å²) in [6, 6.07) is 9.33. The van der Waals surface area contributed by atoms with Crippen LogP contribution in [0.5, 0.6) is 0 Å². The van der Waals surface area contributed by atoms with Crippen LogP contribution in [0.25, 0.3) is 5.57 Å². The fourth-order valence-electron chi connectivity index (χ4n) is 6.17. The average Bonchev–Trinajstić information content (AvgIpc) is 3.50. The highest BCUT2D eigenvalue weighted by Crippen LogP contribution is 2.43.